The van der Waals surface area contributed by atoms with Crippen molar-refractivity contribution in [3.63, 3.8) is 0 Å². The van der Waals surface area contributed by atoms with Crippen molar-refractivity contribution in [1.29, 1.82) is 0 Å². The molecule has 3 rings (SSSR count). The lowest BCUT2D eigenvalue weighted by Crippen LogP contribution is -1.99. The molecule has 3 aromatic rings. The summed E-state index contributed by atoms with van der Waals surface area (Å²) in [7, 11) is 0. The Morgan fingerprint density at radius 3 is 2.89 bits per heavy atom. The zero-order chi connectivity index (χ0) is 13.2. The van der Waals surface area contributed by atoms with Crippen molar-refractivity contribution in [3.05, 3.63) is 48.3 Å². The Labute approximate surface area is 117 Å². The van der Waals surface area contributed by atoms with Crippen molar-refractivity contribution in [2.75, 3.05) is 0 Å². The summed E-state index contributed by atoms with van der Waals surface area (Å²) >= 11 is 2.91. The standard InChI is InChI=1S/C13H8N2O2S2/c16-12(17)8-7-14-6-5-10(8)18-13-15-9-3-1-2-4-11(9)19-13/h1-7H,(H,16,17). The third-order valence-corrected chi connectivity index (χ3v) is 4.66. The quantitative estimate of drug-likeness (QED) is 0.798. The van der Waals surface area contributed by atoms with Crippen LogP contribution in [0.25, 0.3) is 10.2 Å². The SMILES string of the molecule is O=C(O)c1cnccc1Sc1nc2ccccc2s1. The van der Waals surface area contributed by atoms with Gasteiger partial charge in [0.05, 0.1) is 15.8 Å². The van der Waals surface area contributed by atoms with Gasteiger partial charge in [-0.1, -0.05) is 23.9 Å². The van der Waals surface area contributed by atoms with E-state index < -0.39 is 5.97 Å². The van der Waals surface area contributed by atoms with E-state index in [9.17, 15) is 4.79 Å². The number of hydrogen-bond acceptors (Lipinski definition) is 5. The van der Waals surface area contributed by atoms with Crippen LogP contribution in [0.1, 0.15) is 10.4 Å². The molecule has 0 aliphatic rings. The van der Waals surface area contributed by atoms with Crippen molar-refractivity contribution in [2.45, 2.75) is 9.24 Å². The molecule has 0 fully saturated rings. The van der Waals surface area contributed by atoms with Gasteiger partial charge in [-0.2, -0.15) is 0 Å². The largest absolute Gasteiger partial charge is 0.478 e. The predicted molar refractivity (Wildman–Crippen MR) is 74.9 cm³/mol. The number of thiazole rings is 1. The summed E-state index contributed by atoms with van der Waals surface area (Å²) in [6.45, 7) is 0. The van der Waals surface area contributed by atoms with Crippen molar-refractivity contribution >= 4 is 39.3 Å². The second-order valence-corrected chi connectivity index (χ2v) is 6.05. The molecule has 0 atom stereocenters. The number of hydrogen-bond donors (Lipinski definition) is 1. The third-order valence-electron chi connectivity index (χ3n) is 2.48. The number of aromatic carboxylic acids is 1. The van der Waals surface area contributed by atoms with Crippen molar-refractivity contribution < 1.29 is 9.90 Å². The highest BCUT2D eigenvalue weighted by Crippen LogP contribution is 2.35. The Hall–Kier alpha value is -1.92. The molecule has 0 amide bonds. The second kappa shape index (κ2) is 4.99. The van der Waals surface area contributed by atoms with E-state index in [1.54, 1.807) is 23.6 Å². The summed E-state index contributed by atoms with van der Waals surface area (Å²) in [6, 6.07) is 9.54. The van der Waals surface area contributed by atoms with Gasteiger partial charge in [-0.15, -0.1) is 11.3 Å². The highest BCUT2D eigenvalue weighted by molar-refractivity contribution is 8.01. The first-order chi connectivity index (χ1) is 9.24. The number of carboxylic acid groups (broad SMARTS) is 1. The first-order valence-corrected chi connectivity index (χ1v) is 7.08. The van der Waals surface area contributed by atoms with Crippen LogP contribution in [0.3, 0.4) is 0 Å². The molecule has 2 aromatic heterocycles. The number of para-hydroxylation sites is 1. The monoisotopic (exact) mass is 288 g/mol. The molecular weight excluding hydrogens is 280 g/mol. The summed E-state index contributed by atoms with van der Waals surface area (Å²) in [5, 5.41) is 9.11. The topological polar surface area (TPSA) is 63.1 Å². The molecule has 4 nitrogen and oxygen atoms in total. The molecule has 6 heteroatoms. The van der Waals surface area contributed by atoms with Crippen molar-refractivity contribution in [1.82, 2.24) is 9.97 Å². The maximum atomic E-state index is 11.1. The molecule has 0 aliphatic heterocycles. The predicted octanol–water partition coefficient (Wildman–Crippen LogP) is 3.54. The van der Waals surface area contributed by atoms with Crippen LogP contribution >= 0.6 is 23.1 Å². The van der Waals surface area contributed by atoms with Gasteiger partial charge in [0.25, 0.3) is 0 Å². The lowest BCUT2D eigenvalue weighted by Gasteiger charge is -2.01. The average molecular weight is 288 g/mol. The summed E-state index contributed by atoms with van der Waals surface area (Å²) < 4.78 is 1.92. The molecule has 0 bridgehead atoms. The molecule has 0 spiro atoms. The fraction of sp³-hybridized carbons (Fsp3) is 0. The Morgan fingerprint density at radius 1 is 1.26 bits per heavy atom. The molecule has 1 aromatic carbocycles. The molecular formula is C13H8N2O2S2. The van der Waals surface area contributed by atoms with Crippen LogP contribution in [0.4, 0.5) is 0 Å². The number of nitrogens with zero attached hydrogens (tertiary/aromatic N) is 2. The molecule has 0 aliphatic carbocycles. The van der Waals surface area contributed by atoms with E-state index in [0.29, 0.717) is 4.90 Å². The van der Waals surface area contributed by atoms with Gasteiger partial charge in [-0.3, -0.25) is 4.98 Å². The highest BCUT2D eigenvalue weighted by atomic mass is 32.2. The Morgan fingerprint density at radius 2 is 2.11 bits per heavy atom. The molecule has 0 unspecified atom stereocenters. The fourth-order valence-corrected chi connectivity index (χ4v) is 3.73. The number of pyridine rings is 1. The van der Waals surface area contributed by atoms with E-state index in [1.165, 1.54) is 18.0 Å². The maximum absolute atomic E-state index is 11.1. The summed E-state index contributed by atoms with van der Waals surface area (Å²) in [5.74, 6) is -0.975. The van der Waals surface area contributed by atoms with Crippen molar-refractivity contribution in [2.24, 2.45) is 0 Å². The highest BCUT2D eigenvalue weighted by Gasteiger charge is 2.13. The Balaban J connectivity index is 1.99. The van der Waals surface area contributed by atoms with Gasteiger partial charge in [0.15, 0.2) is 4.34 Å². The van der Waals surface area contributed by atoms with Crippen LogP contribution in [0.15, 0.2) is 52.0 Å². The minimum absolute atomic E-state index is 0.201. The molecule has 0 saturated heterocycles. The number of rotatable bonds is 3. The van der Waals surface area contributed by atoms with Crippen LogP contribution < -0.4 is 0 Å². The van der Waals surface area contributed by atoms with Gasteiger partial charge >= 0.3 is 5.97 Å². The Bertz CT molecular complexity index is 722. The van der Waals surface area contributed by atoms with Crippen LogP contribution in [0.5, 0.6) is 0 Å². The molecule has 94 valence electrons. The van der Waals surface area contributed by atoms with Crippen LogP contribution in [-0.2, 0) is 0 Å². The summed E-state index contributed by atoms with van der Waals surface area (Å²) in [4.78, 5) is 20.1. The first kappa shape index (κ1) is 12.1. The molecule has 1 N–H and O–H groups in total. The molecule has 0 saturated carbocycles. The van der Waals surface area contributed by atoms with E-state index in [-0.39, 0.29) is 5.56 Å². The average Bonchev–Trinajstić information content (AvgIpc) is 2.81. The minimum Gasteiger partial charge on any atom is -0.478 e. The first-order valence-electron chi connectivity index (χ1n) is 5.45. The number of fused-ring (bicyclic) bond motifs is 1. The van der Waals surface area contributed by atoms with Gasteiger partial charge < -0.3 is 5.11 Å². The number of carboxylic acids is 1. The summed E-state index contributed by atoms with van der Waals surface area (Å²) in [6.07, 6.45) is 2.94. The van der Waals surface area contributed by atoms with Crippen LogP contribution in [0.2, 0.25) is 0 Å². The van der Waals surface area contributed by atoms with E-state index in [1.807, 2.05) is 24.3 Å². The van der Waals surface area contributed by atoms with E-state index in [2.05, 4.69) is 9.97 Å². The number of carbonyl (C=O) groups is 1. The van der Waals surface area contributed by atoms with Gasteiger partial charge in [0.2, 0.25) is 0 Å². The fourth-order valence-electron chi connectivity index (χ4n) is 1.62. The number of benzene rings is 1. The van der Waals surface area contributed by atoms with Gasteiger partial charge in [-0.05, 0) is 18.2 Å². The second-order valence-electron chi connectivity index (χ2n) is 3.73. The normalized spacial score (nSPS) is 10.7. The zero-order valence-corrected chi connectivity index (χ0v) is 11.2. The van der Waals surface area contributed by atoms with Crippen LogP contribution in [-0.4, -0.2) is 21.0 Å². The van der Waals surface area contributed by atoms with Gasteiger partial charge in [0.1, 0.15) is 0 Å². The van der Waals surface area contributed by atoms with Gasteiger partial charge in [0, 0.05) is 17.3 Å². The lowest BCUT2D eigenvalue weighted by atomic mass is 10.3. The smallest absolute Gasteiger partial charge is 0.338 e. The van der Waals surface area contributed by atoms with Gasteiger partial charge in [-0.25, -0.2) is 9.78 Å². The Kier molecular flexibility index (Phi) is 3.18. The number of aromatic nitrogens is 2. The molecule has 19 heavy (non-hydrogen) atoms. The third kappa shape index (κ3) is 2.45. The van der Waals surface area contributed by atoms with Crippen LogP contribution in [0, 0.1) is 0 Å². The van der Waals surface area contributed by atoms with Crippen molar-refractivity contribution in [3.8, 4) is 0 Å². The van der Waals surface area contributed by atoms with E-state index >= 15 is 0 Å². The molecule has 0 radical (unpaired) electrons. The van der Waals surface area contributed by atoms with E-state index in [0.717, 1.165) is 14.6 Å². The molecule has 2 heterocycles. The summed E-state index contributed by atoms with van der Waals surface area (Å²) in [5.41, 5.74) is 1.13. The minimum atomic E-state index is -0.975. The van der Waals surface area contributed by atoms with E-state index in [4.69, 9.17) is 5.11 Å². The zero-order valence-electron chi connectivity index (χ0n) is 9.61. The maximum Gasteiger partial charge on any atom is 0.338 e. The lowest BCUT2D eigenvalue weighted by molar-refractivity contribution is 0.0692.